The van der Waals surface area contributed by atoms with Crippen LogP contribution in [0.1, 0.15) is 31.9 Å². The summed E-state index contributed by atoms with van der Waals surface area (Å²) in [7, 11) is 1.46. The van der Waals surface area contributed by atoms with Crippen molar-refractivity contribution in [3.05, 3.63) is 59.0 Å². The number of fused-ring (bicyclic) bond motifs is 2. The van der Waals surface area contributed by atoms with E-state index < -0.39 is 0 Å². The topological polar surface area (TPSA) is 50.7 Å². The molecule has 2 aromatic heterocycles. The first-order chi connectivity index (χ1) is 16.4. The Balaban J connectivity index is 1.47. The number of ether oxygens (including phenoxy) is 1. The third kappa shape index (κ3) is 4.37. The number of carbonyl (C=O) groups excluding carboxylic acids is 1. The van der Waals surface area contributed by atoms with E-state index in [4.69, 9.17) is 9.73 Å². The van der Waals surface area contributed by atoms with Gasteiger partial charge in [0.05, 0.1) is 25.4 Å². The summed E-state index contributed by atoms with van der Waals surface area (Å²) in [5.74, 6) is 1.20. The molecule has 0 aliphatic carbocycles. The molecule has 0 fully saturated rings. The van der Waals surface area contributed by atoms with Gasteiger partial charge in [0.1, 0.15) is 0 Å². The molecule has 1 aliphatic rings. The maximum Gasteiger partial charge on any atom is 0.308 e. The lowest BCUT2D eigenvalue weighted by Gasteiger charge is -2.14. The normalized spacial score (nSPS) is 17.5. The van der Waals surface area contributed by atoms with Crippen LogP contribution in [0.2, 0.25) is 0 Å². The summed E-state index contributed by atoms with van der Waals surface area (Å²) < 4.78 is 7.57. The van der Waals surface area contributed by atoms with Crippen molar-refractivity contribution in [2.75, 3.05) is 13.7 Å². The van der Waals surface area contributed by atoms with E-state index in [1.54, 1.807) is 0 Å². The molecule has 3 atom stereocenters. The number of esters is 1. The number of nitrogens with zero attached hydrogens (tertiary/aromatic N) is 1. The molecule has 4 aromatic rings. The Labute approximate surface area is 208 Å². The zero-order valence-corrected chi connectivity index (χ0v) is 21.7. The molecule has 5 rings (SSSR count). The minimum Gasteiger partial charge on any atom is -0.469 e. The number of thiophene rings is 2. The van der Waals surface area contributed by atoms with Crippen molar-refractivity contribution in [3.63, 3.8) is 0 Å². The lowest BCUT2D eigenvalue weighted by Crippen LogP contribution is -2.32. The molecule has 1 unspecified atom stereocenters. The van der Waals surface area contributed by atoms with Crippen LogP contribution in [0.4, 0.5) is 0 Å². The van der Waals surface area contributed by atoms with Gasteiger partial charge >= 0.3 is 5.97 Å². The third-order valence-corrected chi connectivity index (χ3v) is 8.96. The molecule has 176 valence electrons. The summed E-state index contributed by atoms with van der Waals surface area (Å²) in [6.07, 6.45) is 1.67. The average Bonchev–Trinajstić information content (AvgIpc) is 3.56. The molecule has 0 saturated heterocycles. The smallest absolute Gasteiger partial charge is 0.308 e. The van der Waals surface area contributed by atoms with Crippen molar-refractivity contribution < 1.29 is 9.53 Å². The summed E-state index contributed by atoms with van der Waals surface area (Å²) in [5.41, 5.74) is 3.89. The largest absolute Gasteiger partial charge is 0.469 e. The highest BCUT2D eigenvalue weighted by Crippen LogP contribution is 2.42. The molecule has 2 aromatic carbocycles. The van der Waals surface area contributed by atoms with Crippen LogP contribution in [0.15, 0.2) is 52.8 Å². The van der Waals surface area contributed by atoms with Gasteiger partial charge in [-0.05, 0) is 42.3 Å². The number of amidine groups is 1. The number of rotatable bonds is 7. The van der Waals surface area contributed by atoms with Crippen molar-refractivity contribution in [3.8, 4) is 10.4 Å². The standard InChI is InChI=1S/C28H30N2O2S2/c1-16(27-29-14-18(3)30-27)11-20-9-6-10-22-23(15-33-26(20)22)24-13-21-8-5-7-19(25(21)34-24)12-17(2)28(31)32-4/h5-10,13,15-18H,11-12,14H2,1-4H3,(H,29,30)/t16-,17-,18?/m0/s1. The minimum atomic E-state index is -0.160. The fraction of sp³-hybridized carbons (Fsp3) is 0.357. The van der Waals surface area contributed by atoms with Gasteiger partial charge < -0.3 is 10.1 Å². The molecule has 4 nitrogen and oxygen atoms in total. The van der Waals surface area contributed by atoms with Crippen LogP contribution in [-0.4, -0.2) is 31.5 Å². The van der Waals surface area contributed by atoms with Gasteiger partial charge in [0.2, 0.25) is 0 Å². The Morgan fingerprint density at radius 1 is 1.15 bits per heavy atom. The van der Waals surface area contributed by atoms with Crippen molar-refractivity contribution in [2.24, 2.45) is 16.8 Å². The van der Waals surface area contributed by atoms with Crippen LogP contribution in [0.25, 0.3) is 30.6 Å². The Hall–Kier alpha value is -2.70. The highest BCUT2D eigenvalue weighted by Gasteiger charge is 2.21. The summed E-state index contributed by atoms with van der Waals surface area (Å²) >= 11 is 3.66. The molecule has 6 heteroatoms. The predicted octanol–water partition coefficient (Wildman–Crippen LogP) is 6.70. The number of carbonyl (C=O) groups is 1. The Morgan fingerprint density at radius 2 is 1.91 bits per heavy atom. The van der Waals surface area contributed by atoms with Crippen LogP contribution in [0.5, 0.6) is 0 Å². The highest BCUT2D eigenvalue weighted by molar-refractivity contribution is 7.23. The van der Waals surface area contributed by atoms with Crippen LogP contribution >= 0.6 is 22.7 Å². The number of hydrogen-bond donors (Lipinski definition) is 1. The molecule has 0 saturated carbocycles. The van der Waals surface area contributed by atoms with Crippen LogP contribution in [0, 0.1) is 11.8 Å². The number of aliphatic imine (C=N–C) groups is 1. The highest BCUT2D eigenvalue weighted by atomic mass is 32.1. The molecule has 0 radical (unpaired) electrons. The molecule has 1 N–H and O–H groups in total. The van der Waals surface area contributed by atoms with E-state index in [1.807, 2.05) is 29.6 Å². The summed E-state index contributed by atoms with van der Waals surface area (Å²) in [6, 6.07) is 15.8. The van der Waals surface area contributed by atoms with Gasteiger partial charge in [0.25, 0.3) is 0 Å². The second kappa shape index (κ2) is 9.51. The fourth-order valence-electron chi connectivity index (χ4n) is 4.80. The van der Waals surface area contributed by atoms with E-state index in [0.29, 0.717) is 18.4 Å². The number of benzene rings is 2. The second-order valence-electron chi connectivity index (χ2n) is 9.39. The van der Waals surface area contributed by atoms with Gasteiger partial charge in [-0.3, -0.25) is 9.79 Å². The Kier molecular flexibility index (Phi) is 6.45. The van der Waals surface area contributed by atoms with Gasteiger partial charge in [-0.2, -0.15) is 0 Å². The van der Waals surface area contributed by atoms with E-state index >= 15 is 0 Å². The van der Waals surface area contributed by atoms with Gasteiger partial charge in [-0.25, -0.2) is 0 Å². The van der Waals surface area contributed by atoms with Gasteiger partial charge in [0.15, 0.2) is 0 Å². The monoisotopic (exact) mass is 490 g/mol. The first kappa shape index (κ1) is 23.1. The molecule has 0 bridgehead atoms. The first-order valence-electron chi connectivity index (χ1n) is 11.8. The van der Waals surface area contributed by atoms with Gasteiger partial charge in [-0.15, -0.1) is 22.7 Å². The molecular formula is C28H30N2O2S2. The summed E-state index contributed by atoms with van der Waals surface area (Å²) in [5, 5.41) is 8.38. The maximum absolute atomic E-state index is 12.0. The van der Waals surface area contributed by atoms with E-state index in [2.05, 4.69) is 67.0 Å². The SMILES string of the molecule is COC(=O)[C@@H](C)Cc1cccc2cc(-c3csc4c(C[C@H](C)C5=NCC(C)N5)cccc34)sc12. The lowest BCUT2D eigenvalue weighted by atomic mass is 9.98. The van der Waals surface area contributed by atoms with Gasteiger partial charge in [0, 0.05) is 42.6 Å². The minimum absolute atomic E-state index is 0.158. The molecule has 0 spiro atoms. The van der Waals surface area contributed by atoms with Crippen molar-refractivity contribution >= 4 is 54.7 Å². The van der Waals surface area contributed by atoms with E-state index in [0.717, 1.165) is 18.8 Å². The van der Waals surface area contributed by atoms with Crippen molar-refractivity contribution in [2.45, 2.75) is 39.7 Å². The van der Waals surface area contributed by atoms with Crippen LogP contribution in [0.3, 0.4) is 0 Å². The zero-order valence-electron chi connectivity index (χ0n) is 20.1. The number of hydrogen-bond acceptors (Lipinski definition) is 6. The zero-order chi connectivity index (χ0) is 23.8. The molecule has 0 amide bonds. The lowest BCUT2D eigenvalue weighted by molar-refractivity contribution is -0.144. The fourth-order valence-corrected chi connectivity index (χ4v) is 7.19. The van der Waals surface area contributed by atoms with Crippen molar-refractivity contribution in [1.82, 2.24) is 5.32 Å². The number of nitrogens with one attached hydrogen (secondary N) is 1. The van der Waals surface area contributed by atoms with E-state index in [1.165, 1.54) is 48.8 Å². The van der Waals surface area contributed by atoms with Gasteiger partial charge in [-0.1, -0.05) is 50.2 Å². The van der Waals surface area contributed by atoms with Crippen molar-refractivity contribution in [1.29, 1.82) is 0 Å². The summed E-state index contributed by atoms with van der Waals surface area (Å²) in [6.45, 7) is 7.25. The first-order valence-corrected chi connectivity index (χ1v) is 13.5. The van der Waals surface area contributed by atoms with Crippen LogP contribution in [-0.2, 0) is 22.4 Å². The summed E-state index contributed by atoms with van der Waals surface area (Å²) in [4.78, 5) is 17.9. The van der Waals surface area contributed by atoms with E-state index in [-0.39, 0.29) is 11.9 Å². The predicted molar refractivity (Wildman–Crippen MR) is 145 cm³/mol. The molecule has 3 heterocycles. The maximum atomic E-state index is 12.0. The third-order valence-electron chi connectivity index (χ3n) is 6.62. The second-order valence-corrected chi connectivity index (χ2v) is 11.3. The molecular weight excluding hydrogens is 460 g/mol. The quantitative estimate of drug-likeness (QED) is 0.293. The Bertz CT molecular complexity index is 1380. The number of methoxy groups -OCH3 is 1. The van der Waals surface area contributed by atoms with Crippen LogP contribution < -0.4 is 5.32 Å². The van der Waals surface area contributed by atoms with E-state index in [9.17, 15) is 4.79 Å². The molecule has 34 heavy (non-hydrogen) atoms. The Morgan fingerprint density at radius 3 is 2.65 bits per heavy atom. The average molecular weight is 491 g/mol. The molecule has 1 aliphatic heterocycles.